The third kappa shape index (κ3) is 4.93. The second kappa shape index (κ2) is 9.73. The second-order valence-corrected chi connectivity index (χ2v) is 7.99. The molecule has 1 aromatic heterocycles. The Kier molecular flexibility index (Phi) is 7.06. The maximum absolute atomic E-state index is 13.2. The van der Waals surface area contributed by atoms with Gasteiger partial charge in [0.1, 0.15) is 0 Å². The molecule has 1 heterocycles. The lowest BCUT2D eigenvalue weighted by Crippen LogP contribution is -2.28. The number of hydrogen-bond donors (Lipinski definition) is 2. The zero-order valence-corrected chi connectivity index (χ0v) is 18.8. The Morgan fingerprint density at radius 2 is 2.06 bits per heavy atom. The number of nitrogens with zero attached hydrogens (tertiary/aromatic N) is 2. The van der Waals surface area contributed by atoms with Crippen LogP contribution in [0, 0.1) is 31.0 Å². The van der Waals surface area contributed by atoms with Crippen LogP contribution in [0.1, 0.15) is 27.9 Å². The number of amides is 1. The average molecular weight is 435 g/mol. The number of aromatic nitrogens is 2. The highest BCUT2D eigenvalue weighted by Gasteiger charge is 2.13. The lowest BCUT2D eigenvalue weighted by Gasteiger charge is -2.14. The van der Waals surface area contributed by atoms with Gasteiger partial charge in [-0.05, 0) is 74.9 Å². The molecule has 7 heteroatoms. The van der Waals surface area contributed by atoms with Crippen molar-refractivity contribution in [2.24, 2.45) is 0 Å². The summed E-state index contributed by atoms with van der Waals surface area (Å²) in [6.45, 7) is 5.88. The molecule has 3 rings (SSSR count). The number of H-pyrrole nitrogens is 1. The highest BCUT2D eigenvalue weighted by molar-refractivity contribution is 7.71. The van der Waals surface area contributed by atoms with E-state index in [2.05, 4.69) is 16.2 Å². The fourth-order valence-electron chi connectivity index (χ4n) is 3.44. The molecule has 160 valence electrons. The average Bonchev–Trinajstić information content (AvgIpc) is 2.73. The Morgan fingerprint density at radius 3 is 2.81 bits per heavy atom. The van der Waals surface area contributed by atoms with Gasteiger partial charge in [-0.2, -0.15) is 0 Å². The Hall–Kier alpha value is -3.21. The normalized spacial score (nSPS) is 10.9. The van der Waals surface area contributed by atoms with Crippen molar-refractivity contribution in [2.75, 3.05) is 26.7 Å². The lowest BCUT2D eigenvalue weighted by molar-refractivity contribution is 0.0952. The number of fused-ring (bicyclic) bond motifs is 1. The molecule has 0 unspecified atom stereocenters. The molecule has 2 N–H and O–H groups in total. The molecule has 0 radical (unpaired) electrons. The van der Waals surface area contributed by atoms with Gasteiger partial charge in [0.15, 0.2) is 4.77 Å². The molecule has 0 fully saturated rings. The van der Waals surface area contributed by atoms with Gasteiger partial charge in [-0.25, -0.2) is 0 Å². The van der Waals surface area contributed by atoms with Gasteiger partial charge >= 0.3 is 0 Å². The van der Waals surface area contributed by atoms with Gasteiger partial charge in [-0.15, -0.1) is 6.42 Å². The number of aryl methyl sites for hydroxylation is 1. The molecule has 0 atom stereocenters. The number of rotatable bonds is 7. The topological polar surface area (TPSA) is 70.1 Å². The maximum atomic E-state index is 13.2. The number of terminal acetylenes is 1. The standard InChI is InChI=1S/C24H26N4O2S/c1-5-13-27(4)14-7-12-25-22(29)18-10-11-19-20(15-18)26-24(31)28(23(19)30)21-9-6-8-16(2)17(21)3/h1,6,8-11,15H,7,12-14H2,2-4H3,(H,25,29)(H,26,31). The van der Waals surface area contributed by atoms with Crippen molar-refractivity contribution in [3.8, 4) is 18.0 Å². The van der Waals surface area contributed by atoms with E-state index in [4.69, 9.17) is 18.6 Å². The van der Waals surface area contributed by atoms with Crippen molar-refractivity contribution >= 4 is 29.0 Å². The molecular formula is C24H26N4O2S. The van der Waals surface area contributed by atoms with Crippen LogP contribution >= 0.6 is 12.2 Å². The number of benzene rings is 2. The molecular weight excluding hydrogens is 408 g/mol. The zero-order valence-electron chi connectivity index (χ0n) is 18.0. The summed E-state index contributed by atoms with van der Waals surface area (Å²) in [6, 6.07) is 10.8. The minimum absolute atomic E-state index is 0.195. The largest absolute Gasteiger partial charge is 0.352 e. The van der Waals surface area contributed by atoms with Gasteiger partial charge in [0.2, 0.25) is 0 Å². The quantitative estimate of drug-likeness (QED) is 0.340. The zero-order chi connectivity index (χ0) is 22.5. The van der Waals surface area contributed by atoms with Crippen LogP contribution in [-0.4, -0.2) is 47.0 Å². The Balaban J connectivity index is 1.85. The molecule has 3 aromatic rings. The van der Waals surface area contributed by atoms with E-state index in [-0.39, 0.29) is 11.5 Å². The van der Waals surface area contributed by atoms with Crippen LogP contribution in [-0.2, 0) is 0 Å². The SMILES string of the molecule is C#CCN(C)CCCNC(=O)c1ccc2c(=O)n(-c3cccc(C)c3C)c(=S)[nH]c2c1. The van der Waals surface area contributed by atoms with E-state index in [0.29, 0.717) is 34.3 Å². The highest BCUT2D eigenvalue weighted by atomic mass is 32.1. The van der Waals surface area contributed by atoms with Crippen molar-refractivity contribution in [1.82, 2.24) is 19.8 Å². The van der Waals surface area contributed by atoms with Crippen molar-refractivity contribution < 1.29 is 4.79 Å². The fraction of sp³-hybridized carbons (Fsp3) is 0.292. The Labute approximate surface area is 186 Å². The summed E-state index contributed by atoms with van der Waals surface area (Å²) < 4.78 is 1.80. The fourth-order valence-corrected chi connectivity index (χ4v) is 3.73. The number of carbonyl (C=O) groups excluding carboxylic acids is 1. The third-order valence-electron chi connectivity index (χ3n) is 5.34. The lowest BCUT2D eigenvalue weighted by atomic mass is 10.1. The van der Waals surface area contributed by atoms with Gasteiger partial charge in [0.25, 0.3) is 11.5 Å². The van der Waals surface area contributed by atoms with Crippen LogP contribution < -0.4 is 10.9 Å². The van der Waals surface area contributed by atoms with Gasteiger partial charge in [-0.1, -0.05) is 18.1 Å². The van der Waals surface area contributed by atoms with Crippen LogP contribution in [0.15, 0.2) is 41.2 Å². The van der Waals surface area contributed by atoms with Gasteiger partial charge < -0.3 is 10.3 Å². The van der Waals surface area contributed by atoms with E-state index in [1.807, 2.05) is 44.0 Å². The van der Waals surface area contributed by atoms with Crippen LogP contribution in [0.25, 0.3) is 16.6 Å². The first-order valence-corrected chi connectivity index (χ1v) is 10.5. The van der Waals surface area contributed by atoms with E-state index in [0.717, 1.165) is 29.8 Å². The second-order valence-electron chi connectivity index (χ2n) is 7.60. The first kappa shape index (κ1) is 22.5. The van der Waals surface area contributed by atoms with Gasteiger partial charge in [0.05, 0.1) is 23.1 Å². The molecule has 0 aliphatic heterocycles. The van der Waals surface area contributed by atoms with Gasteiger partial charge in [-0.3, -0.25) is 19.1 Å². The minimum atomic E-state index is -0.212. The minimum Gasteiger partial charge on any atom is -0.352 e. The van der Waals surface area contributed by atoms with Crippen LogP contribution in [0.5, 0.6) is 0 Å². The van der Waals surface area contributed by atoms with Crippen molar-refractivity contribution in [3.05, 3.63) is 68.2 Å². The predicted molar refractivity (Wildman–Crippen MR) is 127 cm³/mol. The molecule has 0 bridgehead atoms. The third-order valence-corrected chi connectivity index (χ3v) is 5.62. The molecule has 31 heavy (non-hydrogen) atoms. The predicted octanol–water partition coefficient (Wildman–Crippen LogP) is 3.35. The van der Waals surface area contributed by atoms with Crippen LogP contribution in [0.2, 0.25) is 0 Å². The van der Waals surface area contributed by atoms with Crippen molar-refractivity contribution in [3.63, 3.8) is 0 Å². The molecule has 6 nitrogen and oxygen atoms in total. The smallest absolute Gasteiger partial charge is 0.266 e. The van der Waals surface area contributed by atoms with E-state index in [9.17, 15) is 9.59 Å². The van der Waals surface area contributed by atoms with Crippen LogP contribution in [0.4, 0.5) is 0 Å². The van der Waals surface area contributed by atoms with E-state index >= 15 is 0 Å². The first-order chi connectivity index (χ1) is 14.8. The van der Waals surface area contributed by atoms with Crippen LogP contribution in [0.3, 0.4) is 0 Å². The van der Waals surface area contributed by atoms with Gasteiger partial charge in [0, 0.05) is 18.7 Å². The molecule has 0 saturated carbocycles. The van der Waals surface area contributed by atoms with E-state index in [1.54, 1.807) is 18.2 Å². The number of carbonyl (C=O) groups is 1. The molecule has 0 spiro atoms. The first-order valence-electron chi connectivity index (χ1n) is 10.1. The number of hydrogen-bond acceptors (Lipinski definition) is 4. The highest BCUT2D eigenvalue weighted by Crippen LogP contribution is 2.18. The van der Waals surface area contributed by atoms with Crippen molar-refractivity contribution in [2.45, 2.75) is 20.3 Å². The van der Waals surface area contributed by atoms with E-state index < -0.39 is 0 Å². The molecule has 2 aromatic carbocycles. The summed E-state index contributed by atoms with van der Waals surface area (Å²) >= 11 is 5.48. The summed E-state index contributed by atoms with van der Waals surface area (Å²) in [6.07, 6.45) is 6.08. The molecule has 0 saturated heterocycles. The number of nitrogens with one attached hydrogen (secondary N) is 2. The monoisotopic (exact) mass is 434 g/mol. The Morgan fingerprint density at radius 1 is 1.29 bits per heavy atom. The summed E-state index contributed by atoms with van der Waals surface area (Å²) in [5.41, 5.74) is 3.63. The molecule has 1 amide bonds. The molecule has 0 aliphatic rings. The van der Waals surface area contributed by atoms with E-state index in [1.165, 1.54) is 4.57 Å². The summed E-state index contributed by atoms with van der Waals surface area (Å²) in [5.74, 6) is 2.39. The molecule has 0 aliphatic carbocycles. The van der Waals surface area contributed by atoms with Crippen molar-refractivity contribution in [1.29, 1.82) is 0 Å². The number of aromatic amines is 1. The maximum Gasteiger partial charge on any atom is 0.266 e. The Bertz CT molecular complexity index is 1280. The summed E-state index contributed by atoms with van der Waals surface area (Å²) in [4.78, 5) is 30.8. The summed E-state index contributed by atoms with van der Waals surface area (Å²) in [5, 5.41) is 3.37. The summed E-state index contributed by atoms with van der Waals surface area (Å²) in [7, 11) is 1.94.